The Kier molecular flexibility index (Phi) is 4.61. The second-order valence-corrected chi connectivity index (χ2v) is 4.56. The van der Waals surface area contributed by atoms with E-state index in [4.69, 9.17) is 11.6 Å². The van der Waals surface area contributed by atoms with Crippen molar-refractivity contribution in [2.24, 2.45) is 0 Å². The molecule has 0 saturated carbocycles. The van der Waals surface area contributed by atoms with Crippen molar-refractivity contribution < 1.29 is 4.79 Å². The third kappa shape index (κ3) is 2.95. The van der Waals surface area contributed by atoms with Gasteiger partial charge in [0.25, 0.3) is 5.91 Å². The Morgan fingerprint density at radius 3 is 2.67 bits per heavy atom. The monoisotopic (exact) mass is 289 g/mol. The first-order chi connectivity index (χ1) is 7.07. The lowest BCUT2D eigenvalue weighted by molar-refractivity contribution is 0.0756. The molecule has 0 aromatic heterocycles. The van der Waals surface area contributed by atoms with Gasteiger partial charge < -0.3 is 4.90 Å². The van der Waals surface area contributed by atoms with Crippen molar-refractivity contribution in [3.63, 3.8) is 0 Å². The lowest BCUT2D eigenvalue weighted by atomic mass is 10.2. The highest BCUT2D eigenvalue weighted by Gasteiger charge is 2.18. The first-order valence-electron chi connectivity index (χ1n) is 4.65. The van der Waals surface area contributed by atoms with E-state index in [1.165, 1.54) is 0 Å². The second-order valence-electron chi connectivity index (χ2n) is 3.40. The number of carbonyl (C=O) groups is 1. The Balaban J connectivity index is 2.90. The highest BCUT2D eigenvalue weighted by atomic mass is 79.9. The van der Waals surface area contributed by atoms with Gasteiger partial charge in [-0.1, -0.05) is 12.1 Å². The molecule has 0 spiro atoms. The maximum absolute atomic E-state index is 12.0. The molecular weight excluding hydrogens is 277 g/mol. The normalized spacial score (nSPS) is 12.3. The molecule has 1 aromatic rings. The van der Waals surface area contributed by atoms with Crippen molar-refractivity contribution in [3.8, 4) is 0 Å². The van der Waals surface area contributed by atoms with Gasteiger partial charge in [0.1, 0.15) is 0 Å². The number of halogens is 2. The number of benzene rings is 1. The van der Waals surface area contributed by atoms with E-state index in [2.05, 4.69) is 15.9 Å². The van der Waals surface area contributed by atoms with Gasteiger partial charge in [-0.2, -0.15) is 0 Å². The van der Waals surface area contributed by atoms with E-state index < -0.39 is 0 Å². The number of nitrogens with zero attached hydrogens (tertiary/aromatic N) is 1. The Bertz CT molecular complexity index is 356. The van der Waals surface area contributed by atoms with Crippen LogP contribution in [0.5, 0.6) is 0 Å². The van der Waals surface area contributed by atoms with Gasteiger partial charge in [0.15, 0.2) is 0 Å². The number of alkyl halides is 1. The third-order valence-electron chi connectivity index (χ3n) is 2.31. The molecular formula is C11H13BrClNO. The standard InChI is InChI=1S/C11H13BrClNO/c1-8(7-13)14(2)11(15)9-5-3-4-6-10(9)12/h3-6,8H,7H2,1-2H3. The van der Waals surface area contributed by atoms with Gasteiger partial charge in [0, 0.05) is 23.4 Å². The van der Waals surface area contributed by atoms with Gasteiger partial charge in [-0.05, 0) is 35.0 Å². The van der Waals surface area contributed by atoms with E-state index in [1.54, 1.807) is 18.0 Å². The van der Waals surface area contributed by atoms with Gasteiger partial charge in [0.05, 0.1) is 5.56 Å². The molecule has 0 saturated heterocycles. The van der Waals surface area contributed by atoms with Crippen LogP contribution in [0, 0.1) is 0 Å². The van der Waals surface area contributed by atoms with Crippen molar-refractivity contribution >= 4 is 33.4 Å². The molecule has 15 heavy (non-hydrogen) atoms. The maximum atomic E-state index is 12.0. The average molecular weight is 291 g/mol. The number of hydrogen-bond donors (Lipinski definition) is 0. The van der Waals surface area contributed by atoms with E-state index >= 15 is 0 Å². The van der Waals surface area contributed by atoms with Crippen LogP contribution in [0.3, 0.4) is 0 Å². The minimum atomic E-state index is -0.0179. The summed E-state index contributed by atoms with van der Waals surface area (Å²) >= 11 is 9.07. The summed E-state index contributed by atoms with van der Waals surface area (Å²) in [5.41, 5.74) is 0.664. The van der Waals surface area contributed by atoms with Crippen LogP contribution in [0.4, 0.5) is 0 Å². The predicted octanol–water partition coefficient (Wildman–Crippen LogP) is 3.15. The molecule has 0 bridgehead atoms. The molecule has 1 aromatic carbocycles. The highest BCUT2D eigenvalue weighted by Crippen LogP contribution is 2.18. The Morgan fingerprint density at radius 2 is 2.13 bits per heavy atom. The molecule has 1 atom stereocenters. The minimum absolute atomic E-state index is 0.0179. The van der Waals surface area contributed by atoms with Gasteiger partial charge in [-0.25, -0.2) is 0 Å². The summed E-state index contributed by atoms with van der Waals surface area (Å²) in [7, 11) is 1.76. The molecule has 1 unspecified atom stereocenters. The predicted molar refractivity (Wildman–Crippen MR) is 66.4 cm³/mol. The van der Waals surface area contributed by atoms with Crippen LogP contribution in [0.2, 0.25) is 0 Å². The summed E-state index contributed by atoms with van der Waals surface area (Å²) in [5.74, 6) is 0.419. The molecule has 0 N–H and O–H groups in total. The zero-order valence-corrected chi connectivity index (χ0v) is 11.0. The summed E-state index contributed by atoms with van der Waals surface area (Å²) < 4.78 is 0.809. The van der Waals surface area contributed by atoms with Crippen molar-refractivity contribution in [1.82, 2.24) is 4.90 Å². The van der Waals surface area contributed by atoms with Gasteiger partial charge in [-0.15, -0.1) is 11.6 Å². The molecule has 0 aliphatic rings. The zero-order valence-electron chi connectivity index (χ0n) is 8.71. The van der Waals surface area contributed by atoms with E-state index in [-0.39, 0.29) is 11.9 Å². The first-order valence-corrected chi connectivity index (χ1v) is 5.98. The van der Waals surface area contributed by atoms with Crippen LogP contribution >= 0.6 is 27.5 Å². The summed E-state index contributed by atoms with van der Waals surface area (Å²) in [5, 5.41) is 0. The fourth-order valence-corrected chi connectivity index (χ4v) is 1.79. The van der Waals surface area contributed by atoms with Crippen LogP contribution in [-0.2, 0) is 0 Å². The van der Waals surface area contributed by atoms with Crippen LogP contribution < -0.4 is 0 Å². The molecule has 2 nitrogen and oxygen atoms in total. The summed E-state index contributed by atoms with van der Waals surface area (Å²) in [6.45, 7) is 1.92. The molecule has 0 fully saturated rings. The Labute approximate surface area is 103 Å². The fourth-order valence-electron chi connectivity index (χ4n) is 1.13. The van der Waals surface area contributed by atoms with Crippen LogP contribution in [0.25, 0.3) is 0 Å². The van der Waals surface area contributed by atoms with Gasteiger partial charge in [0.2, 0.25) is 0 Å². The van der Waals surface area contributed by atoms with Crippen molar-refractivity contribution in [2.45, 2.75) is 13.0 Å². The lowest BCUT2D eigenvalue weighted by Crippen LogP contribution is -2.36. The molecule has 1 rings (SSSR count). The molecule has 1 amide bonds. The number of rotatable bonds is 3. The SMILES string of the molecule is CC(CCl)N(C)C(=O)c1ccccc1Br. The quantitative estimate of drug-likeness (QED) is 0.783. The topological polar surface area (TPSA) is 20.3 Å². The number of hydrogen-bond acceptors (Lipinski definition) is 1. The summed E-state index contributed by atoms with van der Waals surface area (Å²) in [6.07, 6.45) is 0. The van der Waals surface area contributed by atoms with Crippen molar-refractivity contribution in [2.75, 3.05) is 12.9 Å². The highest BCUT2D eigenvalue weighted by molar-refractivity contribution is 9.10. The lowest BCUT2D eigenvalue weighted by Gasteiger charge is -2.23. The van der Waals surface area contributed by atoms with Crippen LogP contribution in [-0.4, -0.2) is 29.8 Å². The molecule has 82 valence electrons. The molecule has 4 heteroatoms. The second kappa shape index (κ2) is 5.52. The third-order valence-corrected chi connectivity index (χ3v) is 3.45. The first kappa shape index (κ1) is 12.5. The van der Waals surface area contributed by atoms with Crippen LogP contribution in [0.15, 0.2) is 28.7 Å². The van der Waals surface area contributed by atoms with Gasteiger partial charge >= 0.3 is 0 Å². The Hall–Kier alpha value is -0.540. The van der Waals surface area contributed by atoms with E-state index in [0.29, 0.717) is 11.4 Å². The average Bonchev–Trinajstić information content (AvgIpc) is 2.26. The summed E-state index contributed by atoms with van der Waals surface area (Å²) in [6, 6.07) is 7.41. The van der Waals surface area contributed by atoms with E-state index in [1.807, 2.05) is 25.1 Å². The molecule has 0 aliphatic carbocycles. The minimum Gasteiger partial charge on any atom is -0.338 e. The number of amides is 1. The maximum Gasteiger partial charge on any atom is 0.255 e. The van der Waals surface area contributed by atoms with E-state index in [9.17, 15) is 4.79 Å². The van der Waals surface area contributed by atoms with Crippen LogP contribution in [0.1, 0.15) is 17.3 Å². The molecule has 0 heterocycles. The van der Waals surface area contributed by atoms with Gasteiger partial charge in [-0.3, -0.25) is 4.79 Å². The largest absolute Gasteiger partial charge is 0.338 e. The zero-order chi connectivity index (χ0) is 11.4. The smallest absolute Gasteiger partial charge is 0.255 e. The Morgan fingerprint density at radius 1 is 1.53 bits per heavy atom. The number of carbonyl (C=O) groups excluding carboxylic acids is 1. The summed E-state index contributed by atoms with van der Waals surface area (Å²) in [4.78, 5) is 13.6. The fraction of sp³-hybridized carbons (Fsp3) is 0.364. The molecule has 0 aliphatic heterocycles. The van der Waals surface area contributed by atoms with Crippen molar-refractivity contribution in [3.05, 3.63) is 34.3 Å². The van der Waals surface area contributed by atoms with E-state index in [0.717, 1.165) is 4.47 Å². The van der Waals surface area contributed by atoms with Crippen molar-refractivity contribution in [1.29, 1.82) is 0 Å². The molecule has 0 radical (unpaired) electrons.